The van der Waals surface area contributed by atoms with Gasteiger partial charge in [-0.25, -0.2) is 4.98 Å². The van der Waals surface area contributed by atoms with Crippen LogP contribution in [0.3, 0.4) is 0 Å². The summed E-state index contributed by atoms with van der Waals surface area (Å²) in [4.78, 5) is 10.9. The summed E-state index contributed by atoms with van der Waals surface area (Å²) >= 11 is 0. The van der Waals surface area contributed by atoms with Gasteiger partial charge in [-0.15, -0.1) is 0 Å². The Morgan fingerprint density at radius 1 is 1.53 bits per heavy atom. The van der Waals surface area contributed by atoms with E-state index in [4.69, 9.17) is 5.73 Å². The molecule has 0 spiro atoms. The summed E-state index contributed by atoms with van der Waals surface area (Å²) in [6.45, 7) is 3.94. The monoisotopic (exact) mass is 232 g/mol. The van der Waals surface area contributed by atoms with Crippen molar-refractivity contribution in [2.75, 3.05) is 18.0 Å². The molecule has 2 aromatic heterocycles. The highest BCUT2D eigenvalue weighted by Crippen LogP contribution is 2.20. The fraction of sp³-hybridized carbons (Fsp3) is 0.545. The third kappa shape index (κ3) is 1.74. The molecule has 0 radical (unpaired) electrons. The smallest absolute Gasteiger partial charge is 0.254 e. The number of aryl methyl sites for hydroxylation is 1. The number of hydrogen-bond donors (Lipinski definition) is 1. The van der Waals surface area contributed by atoms with Gasteiger partial charge in [0.2, 0.25) is 0 Å². The number of hydrogen-bond acceptors (Lipinski definition) is 5. The molecule has 0 unspecified atom stereocenters. The van der Waals surface area contributed by atoms with Crippen molar-refractivity contribution in [1.82, 2.24) is 19.6 Å². The summed E-state index contributed by atoms with van der Waals surface area (Å²) in [6, 6.07) is 2.34. The van der Waals surface area contributed by atoms with Gasteiger partial charge in [-0.3, -0.25) is 0 Å². The maximum atomic E-state index is 5.95. The van der Waals surface area contributed by atoms with Crippen LogP contribution in [-0.2, 0) is 6.42 Å². The second kappa shape index (κ2) is 3.96. The lowest BCUT2D eigenvalue weighted by Gasteiger charge is -2.19. The molecule has 0 amide bonds. The molecular weight excluding hydrogens is 216 g/mol. The number of fused-ring (bicyclic) bond motifs is 1. The van der Waals surface area contributed by atoms with Gasteiger partial charge in [-0.1, -0.05) is 6.92 Å². The first-order valence-electron chi connectivity index (χ1n) is 5.98. The Morgan fingerprint density at radius 3 is 3.12 bits per heavy atom. The van der Waals surface area contributed by atoms with Crippen LogP contribution in [0.2, 0.25) is 0 Å². The van der Waals surface area contributed by atoms with E-state index in [-0.39, 0.29) is 6.04 Å². The second-order valence-corrected chi connectivity index (χ2v) is 4.43. The predicted molar refractivity (Wildman–Crippen MR) is 65.0 cm³/mol. The standard InChI is InChI=1S/C11H16N6/c1-2-9-5-10(16-4-3-8(12)6-16)17-11(15-9)13-7-14-17/h5,7-8H,2-4,6,12H2,1H3/t8-/m1/s1. The second-order valence-electron chi connectivity index (χ2n) is 4.43. The molecule has 17 heavy (non-hydrogen) atoms. The number of nitrogens with two attached hydrogens (primary N) is 1. The Labute approximate surface area is 99.5 Å². The maximum absolute atomic E-state index is 5.95. The maximum Gasteiger partial charge on any atom is 0.254 e. The first-order chi connectivity index (χ1) is 8.28. The highest BCUT2D eigenvalue weighted by molar-refractivity contribution is 5.48. The van der Waals surface area contributed by atoms with Crippen molar-refractivity contribution in [3.8, 4) is 0 Å². The number of anilines is 1. The van der Waals surface area contributed by atoms with E-state index in [2.05, 4.69) is 33.0 Å². The Kier molecular flexibility index (Phi) is 2.44. The molecule has 6 nitrogen and oxygen atoms in total. The molecule has 2 N–H and O–H groups in total. The molecule has 1 fully saturated rings. The van der Waals surface area contributed by atoms with Crippen LogP contribution >= 0.6 is 0 Å². The van der Waals surface area contributed by atoms with Gasteiger partial charge in [0.1, 0.15) is 12.1 Å². The van der Waals surface area contributed by atoms with E-state index in [1.165, 1.54) is 0 Å². The minimum atomic E-state index is 0.256. The van der Waals surface area contributed by atoms with E-state index in [1.807, 2.05) is 0 Å². The molecule has 1 aliphatic heterocycles. The molecule has 1 aliphatic rings. The molecule has 3 heterocycles. The van der Waals surface area contributed by atoms with Gasteiger partial charge in [-0.2, -0.15) is 14.6 Å². The molecule has 6 heteroatoms. The molecule has 1 atom stereocenters. The fourth-order valence-corrected chi connectivity index (χ4v) is 2.25. The van der Waals surface area contributed by atoms with Gasteiger partial charge < -0.3 is 10.6 Å². The minimum Gasteiger partial charge on any atom is -0.355 e. The van der Waals surface area contributed by atoms with E-state index < -0.39 is 0 Å². The highest BCUT2D eigenvalue weighted by atomic mass is 15.4. The number of aromatic nitrogens is 4. The molecule has 3 rings (SSSR count). The average molecular weight is 232 g/mol. The van der Waals surface area contributed by atoms with Gasteiger partial charge in [0.05, 0.1) is 0 Å². The van der Waals surface area contributed by atoms with Crippen molar-refractivity contribution in [3.05, 3.63) is 18.1 Å². The van der Waals surface area contributed by atoms with Crippen LogP contribution in [0.25, 0.3) is 5.78 Å². The van der Waals surface area contributed by atoms with Gasteiger partial charge in [0, 0.05) is 30.9 Å². The van der Waals surface area contributed by atoms with Crippen LogP contribution in [0.5, 0.6) is 0 Å². The Morgan fingerprint density at radius 2 is 2.41 bits per heavy atom. The quantitative estimate of drug-likeness (QED) is 0.802. The van der Waals surface area contributed by atoms with E-state index in [1.54, 1.807) is 10.8 Å². The summed E-state index contributed by atoms with van der Waals surface area (Å²) in [5.41, 5.74) is 6.99. The predicted octanol–water partition coefficient (Wildman–Crippen LogP) is 0.224. The molecule has 0 saturated carbocycles. The first-order valence-corrected chi connectivity index (χ1v) is 5.98. The third-order valence-corrected chi connectivity index (χ3v) is 3.20. The molecule has 2 aromatic rings. The average Bonchev–Trinajstić information content (AvgIpc) is 2.95. The van der Waals surface area contributed by atoms with Crippen LogP contribution in [0.15, 0.2) is 12.4 Å². The molecular formula is C11H16N6. The molecule has 0 aromatic carbocycles. The van der Waals surface area contributed by atoms with Crippen molar-refractivity contribution in [3.63, 3.8) is 0 Å². The van der Waals surface area contributed by atoms with Gasteiger partial charge >= 0.3 is 0 Å². The van der Waals surface area contributed by atoms with Crippen molar-refractivity contribution in [1.29, 1.82) is 0 Å². The number of rotatable bonds is 2. The molecule has 90 valence electrons. The summed E-state index contributed by atoms with van der Waals surface area (Å²) < 4.78 is 1.79. The van der Waals surface area contributed by atoms with Crippen LogP contribution in [0.1, 0.15) is 19.0 Å². The molecule has 1 saturated heterocycles. The lowest BCUT2D eigenvalue weighted by molar-refractivity contribution is 0.749. The summed E-state index contributed by atoms with van der Waals surface area (Å²) in [6.07, 6.45) is 3.47. The van der Waals surface area contributed by atoms with Crippen LogP contribution < -0.4 is 10.6 Å². The van der Waals surface area contributed by atoms with Crippen LogP contribution in [0.4, 0.5) is 5.82 Å². The van der Waals surface area contributed by atoms with E-state index in [0.717, 1.165) is 37.4 Å². The molecule has 0 aliphatic carbocycles. The summed E-state index contributed by atoms with van der Waals surface area (Å²) in [5.74, 6) is 1.72. The topological polar surface area (TPSA) is 72.3 Å². The van der Waals surface area contributed by atoms with E-state index in [9.17, 15) is 0 Å². The fourth-order valence-electron chi connectivity index (χ4n) is 2.25. The Hall–Kier alpha value is -1.69. The Balaban J connectivity index is 2.10. The lowest BCUT2D eigenvalue weighted by atomic mass is 10.3. The lowest BCUT2D eigenvalue weighted by Crippen LogP contribution is -2.28. The first kappa shape index (κ1) is 10.5. The van der Waals surface area contributed by atoms with Gasteiger partial charge in [0.15, 0.2) is 0 Å². The largest absolute Gasteiger partial charge is 0.355 e. The van der Waals surface area contributed by atoms with E-state index in [0.29, 0.717) is 5.78 Å². The Bertz CT molecular complexity index is 534. The van der Waals surface area contributed by atoms with Crippen molar-refractivity contribution in [2.24, 2.45) is 5.73 Å². The molecule has 0 bridgehead atoms. The van der Waals surface area contributed by atoms with E-state index >= 15 is 0 Å². The minimum absolute atomic E-state index is 0.256. The van der Waals surface area contributed by atoms with Gasteiger partial charge in [0.25, 0.3) is 5.78 Å². The van der Waals surface area contributed by atoms with Crippen LogP contribution in [0, 0.1) is 0 Å². The zero-order valence-electron chi connectivity index (χ0n) is 9.87. The zero-order chi connectivity index (χ0) is 11.8. The normalized spacial score (nSPS) is 20.4. The van der Waals surface area contributed by atoms with Crippen molar-refractivity contribution in [2.45, 2.75) is 25.8 Å². The van der Waals surface area contributed by atoms with Crippen LogP contribution in [-0.4, -0.2) is 38.7 Å². The summed E-state index contributed by atoms with van der Waals surface area (Å²) in [5, 5.41) is 4.22. The van der Waals surface area contributed by atoms with Gasteiger partial charge in [-0.05, 0) is 12.8 Å². The highest BCUT2D eigenvalue weighted by Gasteiger charge is 2.22. The third-order valence-electron chi connectivity index (χ3n) is 3.20. The zero-order valence-corrected chi connectivity index (χ0v) is 9.87. The SMILES string of the molecule is CCc1cc(N2CC[C@@H](N)C2)n2ncnc2n1. The van der Waals surface area contributed by atoms with Crippen molar-refractivity contribution < 1.29 is 0 Å². The number of nitrogens with zero attached hydrogens (tertiary/aromatic N) is 5. The summed E-state index contributed by atoms with van der Waals surface area (Å²) in [7, 11) is 0. The van der Waals surface area contributed by atoms with Crippen molar-refractivity contribution >= 4 is 11.6 Å².